The highest BCUT2D eigenvalue weighted by atomic mass is 32.2. The van der Waals surface area contributed by atoms with Gasteiger partial charge >= 0.3 is 0 Å². The maximum Gasteiger partial charge on any atom is 0.257 e. The molecule has 7 nitrogen and oxygen atoms in total. The Morgan fingerprint density at radius 3 is 2.35 bits per heavy atom. The lowest BCUT2D eigenvalue weighted by molar-refractivity contribution is 0.0698. The standard InChI is InChI=1S/C15H22N4O3S/c1-23(21,22)19-11-9-18(10-12-19)15(20)13-5-4-6-16-14(13)17-7-2-3-8-17/h4-6H,2-3,7-12H2,1H3. The Bertz CT molecular complexity index is 678. The Hall–Kier alpha value is -1.67. The minimum atomic E-state index is -3.19. The molecular formula is C15H22N4O3S. The molecule has 1 aromatic rings. The van der Waals surface area contributed by atoms with Crippen LogP contribution in [0.15, 0.2) is 18.3 Å². The van der Waals surface area contributed by atoms with Gasteiger partial charge in [0.1, 0.15) is 5.82 Å². The second kappa shape index (κ2) is 6.45. The molecule has 8 heteroatoms. The maximum absolute atomic E-state index is 12.8. The number of aromatic nitrogens is 1. The third-order valence-corrected chi connectivity index (χ3v) is 5.72. The Morgan fingerprint density at radius 2 is 1.74 bits per heavy atom. The molecule has 2 aliphatic rings. The molecule has 2 aliphatic heterocycles. The highest BCUT2D eigenvalue weighted by molar-refractivity contribution is 7.88. The number of carbonyl (C=O) groups excluding carboxylic acids is 1. The second-order valence-corrected chi connectivity index (χ2v) is 8.01. The van der Waals surface area contributed by atoms with E-state index in [-0.39, 0.29) is 5.91 Å². The third-order valence-electron chi connectivity index (χ3n) is 4.42. The first-order valence-electron chi connectivity index (χ1n) is 7.91. The quantitative estimate of drug-likeness (QED) is 0.797. The number of pyridine rings is 1. The SMILES string of the molecule is CS(=O)(=O)N1CCN(C(=O)c2cccnc2N2CCCC2)CC1. The van der Waals surface area contributed by atoms with Crippen LogP contribution in [-0.4, -0.2) is 74.0 Å². The summed E-state index contributed by atoms with van der Waals surface area (Å²) >= 11 is 0. The molecular weight excluding hydrogens is 316 g/mol. The van der Waals surface area contributed by atoms with E-state index in [2.05, 4.69) is 9.88 Å². The van der Waals surface area contributed by atoms with Crippen LogP contribution >= 0.6 is 0 Å². The Kier molecular flexibility index (Phi) is 4.54. The van der Waals surface area contributed by atoms with Crippen LogP contribution in [0.1, 0.15) is 23.2 Å². The van der Waals surface area contributed by atoms with Crippen LogP contribution in [0.2, 0.25) is 0 Å². The van der Waals surface area contributed by atoms with Crippen molar-refractivity contribution in [1.82, 2.24) is 14.2 Å². The van der Waals surface area contributed by atoms with Crippen LogP contribution < -0.4 is 4.90 Å². The third kappa shape index (κ3) is 3.48. The number of amides is 1. The lowest BCUT2D eigenvalue weighted by atomic mass is 10.2. The van der Waals surface area contributed by atoms with Crippen molar-refractivity contribution in [1.29, 1.82) is 0 Å². The number of piperazine rings is 1. The van der Waals surface area contributed by atoms with E-state index in [9.17, 15) is 13.2 Å². The zero-order chi connectivity index (χ0) is 16.4. The van der Waals surface area contributed by atoms with Gasteiger partial charge in [0.05, 0.1) is 11.8 Å². The predicted molar refractivity (Wildman–Crippen MR) is 88.0 cm³/mol. The predicted octanol–water partition coefficient (Wildman–Crippen LogP) is 0.399. The number of carbonyl (C=O) groups is 1. The number of rotatable bonds is 3. The minimum Gasteiger partial charge on any atom is -0.356 e. The fraction of sp³-hybridized carbons (Fsp3) is 0.600. The number of nitrogens with zero attached hydrogens (tertiary/aromatic N) is 4. The maximum atomic E-state index is 12.8. The summed E-state index contributed by atoms with van der Waals surface area (Å²) in [5, 5.41) is 0. The van der Waals surface area contributed by atoms with Crippen molar-refractivity contribution in [3.8, 4) is 0 Å². The molecule has 23 heavy (non-hydrogen) atoms. The monoisotopic (exact) mass is 338 g/mol. The Morgan fingerprint density at radius 1 is 1.09 bits per heavy atom. The van der Waals surface area contributed by atoms with Crippen molar-refractivity contribution in [2.24, 2.45) is 0 Å². The van der Waals surface area contributed by atoms with E-state index >= 15 is 0 Å². The fourth-order valence-electron chi connectivity index (χ4n) is 3.14. The van der Waals surface area contributed by atoms with Crippen molar-refractivity contribution in [3.63, 3.8) is 0 Å². The van der Waals surface area contributed by atoms with Gasteiger partial charge in [0.25, 0.3) is 5.91 Å². The molecule has 3 rings (SSSR count). The molecule has 1 amide bonds. The van der Waals surface area contributed by atoms with E-state index in [1.165, 1.54) is 10.6 Å². The van der Waals surface area contributed by atoms with Gasteiger partial charge in [-0.05, 0) is 25.0 Å². The number of hydrogen-bond donors (Lipinski definition) is 0. The summed E-state index contributed by atoms with van der Waals surface area (Å²) in [6.45, 7) is 3.40. The average Bonchev–Trinajstić information content (AvgIpc) is 3.08. The first kappa shape index (κ1) is 16.2. The number of hydrogen-bond acceptors (Lipinski definition) is 5. The molecule has 3 heterocycles. The molecule has 0 unspecified atom stereocenters. The van der Waals surface area contributed by atoms with Gasteiger partial charge in [-0.25, -0.2) is 13.4 Å². The molecule has 0 bridgehead atoms. The molecule has 0 N–H and O–H groups in total. The van der Waals surface area contributed by atoms with Gasteiger partial charge in [0.15, 0.2) is 0 Å². The van der Waals surface area contributed by atoms with Gasteiger partial charge in [-0.2, -0.15) is 4.31 Å². The normalized spacial score (nSPS) is 20.0. The molecule has 0 radical (unpaired) electrons. The van der Waals surface area contributed by atoms with Crippen LogP contribution in [-0.2, 0) is 10.0 Å². The molecule has 126 valence electrons. The van der Waals surface area contributed by atoms with E-state index < -0.39 is 10.0 Å². The Balaban J connectivity index is 1.74. The topological polar surface area (TPSA) is 73.8 Å². The lowest BCUT2D eigenvalue weighted by Crippen LogP contribution is -2.50. The lowest BCUT2D eigenvalue weighted by Gasteiger charge is -2.33. The molecule has 0 atom stereocenters. The van der Waals surface area contributed by atoms with Crippen LogP contribution in [0.4, 0.5) is 5.82 Å². The summed E-state index contributed by atoms with van der Waals surface area (Å²) in [6, 6.07) is 3.59. The van der Waals surface area contributed by atoms with Crippen molar-refractivity contribution in [2.45, 2.75) is 12.8 Å². The van der Waals surface area contributed by atoms with Crippen molar-refractivity contribution >= 4 is 21.7 Å². The highest BCUT2D eigenvalue weighted by Crippen LogP contribution is 2.23. The zero-order valence-corrected chi connectivity index (χ0v) is 14.1. The minimum absolute atomic E-state index is 0.0619. The Labute approximate surface area is 136 Å². The van der Waals surface area contributed by atoms with Gasteiger partial charge in [-0.15, -0.1) is 0 Å². The summed E-state index contributed by atoms with van der Waals surface area (Å²) in [4.78, 5) is 21.1. The van der Waals surface area contributed by atoms with Crippen LogP contribution in [0.5, 0.6) is 0 Å². The van der Waals surface area contributed by atoms with E-state index in [1.807, 2.05) is 6.07 Å². The fourth-order valence-corrected chi connectivity index (χ4v) is 3.96. The van der Waals surface area contributed by atoms with E-state index in [0.29, 0.717) is 31.7 Å². The second-order valence-electron chi connectivity index (χ2n) is 6.02. The first-order chi connectivity index (χ1) is 11.0. The highest BCUT2D eigenvalue weighted by Gasteiger charge is 2.29. The molecule has 0 aromatic carbocycles. The summed E-state index contributed by atoms with van der Waals surface area (Å²) in [5.74, 6) is 0.689. The van der Waals surface area contributed by atoms with Gasteiger partial charge in [-0.3, -0.25) is 4.79 Å². The van der Waals surface area contributed by atoms with Gasteiger partial charge < -0.3 is 9.80 Å². The van der Waals surface area contributed by atoms with Gasteiger partial charge in [0, 0.05) is 45.5 Å². The summed E-state index contributed by atoms with van der Waals surface area (Å²) < 4.78 is 24.6. The first-order valence-corrected chi connectivity index (χ1v) is 9.76. The van der Waals surface area contributed by atoms with Crippen LogP contribution in [0, 0.1) is 0 Å². The number of anilines is 1. The van der Waals surface area contributed by atoms with Crippen LogP contribution in [0.25, 0.3) is 0 Å². The van der Waals surface area contributed by atoms with Crippen molar-refractivity contribution < 1.29 is 13.2 Å². The van der Waals surface area contributed by atoms with Crippen LogP contribution in [0.3, 0.4) is 0 Å². The molecule has 2 fully saturated rings. The van der Waals surface area contributed by atoms with Gasteiger partial charge in [-0.1, -0.05) is 0 Å². The van der Waals surface area contributed by atoms with Gasteiger partial charge in [0.2, 0.25) is 10.0 Å². The van der Waals surface area contributed by atoms with E-state index in [0.717, 1.165) is 31.7 Å². The molecule has 0 saturated carbocycles. The van der Waals surface area contributed by atoms with Crippen molar-refractivity contribution in [3.05, 3.63) is 23.9 Å². The largest absolute Gasteiger partial charge is 0.356 e. The molecule has 0 spiro atoms. The summed E-state index contributed by atoms with van der Waals surface area (Å²) in [7, 11) is -3.19. The zero-order valence-electron chi connectivity index (χ0n) is 13.3. The average molecular weight is 338 g/mol. The molecule has 0 aliphatic carbocycles. The molecule has 1 aromatic heterocycles. The van der Waals surface area contributed by atoms with E-state index in [1.54, 1.807) is 17.2 Å². The molecule has 2 saturated heterocycles. The van der Waals surface area contributed by atoms with E-state index in [4.69, 9.17) is 0 Å². The smallest absolute Gasteiger partial charge is 0.257 e. The summed E-state index contributed by atoms with van der Waals surface area (Å²) in [6.07, 6.45) is 5.16. The number of sulfonamides is 1. The summed E-state index contributed by atoms with van der Waals surface area (Å²) in [5.41, 5.74) is 0.613. The van der Waals surface area contributed by atoms with Crippen molar-refractivity contribution in [2.75, 3.05) is 50.4 Å².